The number of ether oxygens (including phenoxy) is 2. The van der Waals surface area contributed by atoms with Gasteiger partial charge in [-0.3, -0.25) is 9.59 Å². The molecule has 1 saturated heterocycles. The fourth-order valence-electron chi connectivity index (χ4n) is 2.52. The monoisotopic (exact) mass is 314 g/mol. The number of rotatable bonds is 11. The normalized spacial score (nSPS) is 21.3. The zero-order valence-corrected chi connectivity index (χ0v) is 13.9. The van der Waals surface area contributed by atoms with Crippen molar-refractivity contribution >= 4 is 11.6 Å². The van der Waals surface area contributed by atoms with E-state index < -0.39 is 6.10 Å². The van der Waals surface area contributed by atoms with Crippen molar-refractivity contribution in [1.82, 2.24) is 0 Å². The third-order valence-electron chi connectivity index (χ3n) is 3.92. The van der Waals surface area contributed by atoms with Crippen LogP contribution in [-0.4, -0.2) is 41.8 Å². The van der Waals surface area contributed by atoms with Gasteiger partial charge in [-0.25, -0.2) is 0 Å². The molecule has 3 atom stereocenters. The van der Waals surface area contributed by atoms with Gasteiger partial charge in [0.1, 0.15) is 11.6 Å². The molecule has 0 radical (unpaired) electrons. The van der Waals surface area contributed by atoms with Crippen LogP contribution < -0.4 is 0 Å². The summed E-state index contributed by atoms with van der Waals surface area (Å²) in [5, 5.41) is 9.39. The summed E-state index contributed by atoms with van der Waals surface area (Å²) in [5.41, 5.74) is 0. The van der Waals surface area contributed by atoms with Crippen LogP contribution in [0.4, 0.5) is 0 Å². The van der Waals surface area contributed by atoms with Gasteiger partial charge in [0.2, 0.25) is 0 Å². The third-order valence-corrected chi connectivity index (χ3v) is 3.92. The lowest BCUT2D eigenvalue weighted by atomic mass is 10.0. The number of aliphatic hydroxyl groups is 1. The lowest BCUT2D eigenvalue weighted by Gasteiger charge is -2.26. The Morgan fingerprint density at radius 2 is 2.09 bits per heavy atom. The Kier molecular flexibility index (Phi) is 9.52. The molecule has 5 heteroatoms. The summed E-state index contributed by atoms with van der Waals surface area (Å²) in [6, 6.07) is 0. The fraction of sp³-hybridized carbons (Fsp3) is 0.882. The van der Waals surface area contributed by atoms with Crippen LogP contribution in [0.1, 0.15) is 71.6 Å². The quantitative estimate of drug-likeness (QED) is 0.594. The maximum atomic E-state index is 11.7. The van der Waals surface area contributed by atoms with Crippen molar-refractivity contribution in [2.75, 3.05) is 6.61 Å². The fourth-order valence-corrected chi connectivity index (χ4v) is 2.52. The van der Waals surface area contributed by atoms with Crippen LogP contribution in [0.25, 0.3) is 0 Å². The zero-order valence-electron chi connectivity index (χ0n) is 13.9. The Labute approximate surface area is 133 Å². The highest BCUT2D eigenvalue weighted by Crippen LogP contribution is 2.17. The summed E-state index contributed by atoms with van der Waals surface area (Å²) in [6.45, 7) is 4.57. The Hall–Kier alpha value is -0.780. The maximum absolute atomic E-state index is 11.7. The standard InChI is InChI=1S/C17H30O5/c1-3-14(18)11-16(20)12-15(19)8-6-7-13(2)22-17-9-4-5-10-21-17/h13-14,17-18H,3-12H2,1-2H3/t13-,14?,17?/m0/s1. The molecule has 0 amide bonds. The smallest absolute Gasteiger partial charge is 0.157 e. The molecule has 0 spiro atoms. The topological polar surface area (TPSA) is 72.8 Å². The lowest BCUT2D eigenvalue weighted by molar-refractivity contribution is -0.185. The zero-order chi connectivity index (χ0) is 16.4. The minimum Gasteiger partial charge on any atom is -0.393 e. The van der Waals surface area contributed by atoms with E-state index in [2.05, 4.69) is 0 Å². The van der Waals surface area contributed by atoms with Crippen LogP contribution >= 0.6 is 0 Å². The summed E-state index contributed by atoms with van der Waals surface area (Å²) < 4.78 is 11.3. The highest BCUT2D eigenvalue weighted by Gasteiger charge is 2.18. The summed E-state index contributed by atoms with van der Waals surface area (Å²) >= 11 is 0. The highest BCUT2D eigenvalue weighted by atomic mass is 16.7. The molecule has 128 valence electrons. The Morgan fingerprint density at radius 1 is 1.32 bits per heavy atom. The Balaban J connectivity index is 2.09. The Morgan fingerprint density at radius 3 is 2.73 bits per heavy atom. The first kappa shape index (κ1) is 19.3. The molecule has 1 fully saturated rings. The second-order valence-electron chi connectivity index (χ2n) is 6.16. The molecule has 1 heterocycles. The second kappa shape index (κ2) is 10.9. The summed E-state index contributed by atoms with van der Waals surface area (Å²) in [7, 11) is 0. The SMILES string of the molecule is CCC(O)CC(=O)CC(=O)CCC[C@H](C)OC1CCCCO1. The first-order chi connectivity index (χ1) is 10.5. The van der Waals surface area contributed by atoms with E-state index in [1.165, 1.54) is 0 Å². The third kappa shape index (κ3) is 8.61. The van der Waals surface area contributed by atoms with Gasteiger partial charge in [-0.05, 0) is 45.4 Å². The van der Waals surface area contributed by atoms with Crippen LogP contribution in [0.2, 0.25) is 0 Å². The van der Waals surface area contributed by atoms with Gasteiger partial charge in [-0.15, -0.1) is 0 Å². The minimum atomic E-state index is -0.621. The van der Waals surface area contributed by atoms with E-state index in [0.29, 0.717) is 12.8 Å². The van der Waals surface area contributed by atoms with Crippen molar-refractivity contribution in [3.8, 4) is 0 Å². The number of carbonyl (C=O) groups is 2. The Bertz CT molecular complexity index is 336. The van der Waals surface area contributed by atoms with Gasteiger partial charge in [0, 0.05) is 19.4 Å². The molecule has 22 heavy (non-hydrogen) atoms. The number of aliphatic hydroxyl groups excluding tert-OH is 1. The molecule has 1 aliphatic rings. The minimum absolute atomic E-state index is 0.0468. The molecule has 1 aliphatic heterocycles. The predicted molar refractivity (Wildman–Crippen MR) is 83.5 cm³/mol. The van der Waals surface area contributed by atoms with E-state index >= 15 is 0 Å². The van der Waals surface area contributed by atoms with Crippen LogP contribution in [-0.2, 0) is 19.1 Å². The molecule has 0 aromatic heterocycles. The molecule has 5 nitrogen and oxygen atoms in total. The van der Waals surface area contributed by atoms with Gasteiger partial charge >= 0.3 is 0 Å². The van der Waals surface area contributed by atoms with Crippen molar-refractivity contribution in [3.63, 3.8) is 0 Å². The maximum Gasteiger partial charge on any atom is 0.157 e. The van der Waals surface area contributed by atoms with Crippen LogP contribution in [0.5, 0.6) is 0 Å². The van der Waals surface area contributed by atoms with E-state index in [1.807, 2.05) is 13.8 Å². The average Bonchev–Trinajstić information content (AvgIpc) is 2.47. The van der Waals surface area contributed by atoms with E-state index in [1.54, 1.807) is 0 Å². The molecule has 0 aromatic carbocycles. The van der Waals surface area contributed by atoms with Gasteiger partial charge in [0.05, 0.1) is 18.6 Å². The first-order valence-corrected chi connectivity index (χ1v) is 8.49. The molecule has 2 unspecified atom stereocenters. The van der Waals surface area contributed by atoms with Gasteiger partial charge in [0.15, 0.2) is 6.29 Å². The average molecular weight is 314 g/mol. The number of carbonyl (C=O) groups excluding carboxylic acids is 2. The van der Waals surface area contributed by atoms with Gasteiger partial charge in [0.25, 0.3) is 0 Å². The van der Waals surface area contributed by atoms with Crippen molar-refractivity contribution in [2.45, 2.75) is 90.1 Å². The number of hydrogen-bond donors (Lipinski definition) is 1. The lowest BCUT2D eigenvalue weighted by Crippen LogP contribution is -2.26. The molecule has 1 rings (SSSR count). The first-order valence-electron chi connectivity index (χ1n) is 8.49. The number of Topliss-reactive ketones (excluding diaryl/α,β-unsaturated/α-hetero) is 2. The van der Waals surface area contributed by atoms with Crippen molar-refractivity contribution in [3.05, 3.63) is 0 Å². The van der Waals surface area contributed by atoms with Gasteiger partial charge in [-0.1, -0.05) is 6.92 Å². The summed E-state index contributed by atoms with van der Waals surface area (Å²) in [6.07, 6.45) is 5.00. The molecule has 0 aliphatic carbocycles. The van der Waals surface area contributed by atoms with Gasteiger partial charge < -0.3 is 14.6 Å². The van der Waals surface area contributed by atoms with Crippen LogP contribution in [0.15, 0.2) is 0 Å². The van der Waals surface area contributed by atoms with E-state index in [0.717, 1.165) is 38.7 Å². The predicted octanol–water partition coefficient (Wildman–Crippen LogP) is 2.78. The molecular weight excluding hydrogens is 284 g/mol. The molecule has 0 bridgehead atoms. The number of ketones is 2. The van der Waals surface area contributed by atoms with Crippen molar-refractivity contribution in [2.24, 2.45) is 0 Å². The van der Waals surface area contributed by atoms with Crippen molar-refractivity contribution in [1.29, 1.82) is 0 Å². The van der Waals surface area contributed by atoms with Crippen LogP contribution in [0.3, 0.4) is 0 Å². The van der Waals surface area contributed by atoms with Crippen LogP contribution in [0, 0.1) is 0 Å². The number of hydrogen-bond acceptors (Lipinski definition) is 5. The molecular formula is C17H30O5. The van der Waals surface area contributed by atoms with Crippen molar-refractivity contribution < 1.29 is 24.2 Å². The molecule has 0 aromatic rings. The molecule has 1 N–H and O–H groups in total. The summed E-state index contributed by atoms with van der Waals surface area (Å²) in [4.78, 5) is 23.3. The highest BCUT2D eigenvalue weighted by molar-refractivity contribution is 5.99. The van der Waals surface area contributed by atoms with Gasteiger partial charge in [-0.2, -0.15) is 0 Å². The molecule has 0 saturated carbocycles. The van der Waals surface area contributed by atoms with E-state index in [9.17, 15) is 14.7 Å². The summed E-state index contributed by atoms with van der Waals surface area (Å²) in [5.74, 6) is -0.214. The van der Waals surface area contributed by atoms with E-state index in [-0.39, 0.29) is 36.8 Å². The largest absolute Gasteiger partial charge is 0.393 e. The van der Waals surface area contributed by atoms with E-state index in [4.69, 9.17) is 9.47 Å². The second-order valence-corrected chi connectivity index (χ2v) is 6.16.